The number of carbonyl (C=O) groups excluding carboxylic acids is 1. The maximum atomic E-state index is 13.0. The molecule has 1 aliphatic heterocycles. The van der Waals surface area contributed by atoms with Crippen LogP contribution in [0.3, 0.4) is 0 Å². The molecule has 1 aliphatic rings. The highest BCUT2D eigenvalue weighted by molar-refractivity contribution is 6.10. The first-order valence-electron chi connectivity index (χ1n) is 8.04. The van der Waals surface area contributed by atoms with Crippen molar-refractivity contribution in [3.8, 4) is 0 Å². The average molecular weight is 285 g/mol. The molecule has 0 amide bonds. The van der Waals surface area contributed by atoms with Gasteiger partial charge >= 0.3 is 0 Å². The van der Waals surface area contributed by atoms with Crippen molar-refractivity contribution >= 4 is 16.7 Å². The molecule has 3 nitrogen and oxygen atoms in total. The van der Waals surface area contributed by atoms with E-state index in [2.05, 4.69) is 18.8 Å². The highest BCUT2D eigenvalue weighted by atomic mass is 16.1. The van der Waals surface area contributed by atoms with Gasteiger partial charge in [-0.2, -0.15) is 0 Å². The van der Waals surface area contributed by atoms with Crippen molar-refractivity contribution in [1.29, 1.82) is 0 Å². The minimum Gasteiger partial charge on any atom is -0.358 e. The number of H-pyrrole nitrogens is 1. The summed E-state index contributed by atoms with van der Waals surface area (Å²) in [5, 5.41) is 1.07. The van der Waals surface area contributed by atoms with Gasteiger partial charge < -0.3 is 9.88 Å². The molecule has 1 fully saturated rings. The number of Topliss-reactive ketones (excluding diaryl/α,β-unsaturated/α-hetero) is 1. The molecule has 1 aromatic heterocycles. The maximum absolute atomic E-state index is 13.0. The van der Waals surface area contributed by atoms with Crippen molar-refractivity contribution in [3.05, 3.63) is 35.5 Å². The number of para-hydroxylation sites is 1. The number of quaternary nitrogens is 1. The van der Waals surface area contributed by atoms with Gasteiger partial charge in [0.1, 0.15) is 6.04 Å². The van der Waals surface area contributed by atoms with Crippen molar-refractivity contribution in [3.63, 3.8) is 0 Å². The van der Waals surface area contributed by atoms with Gasteiger partial charge in [-0.05, 0) is 32.8 Å². The number of aryl methyl sites for hydroxylation is 1. The van der Waals surface area contributed by atoms with Crippen LogP contribution in [0, 0.1) is 12.8 Å². The molecule has 0 saturated carbocycles. The second-order valence-electron chi connectivity index (χ2n) is 6.62. The number of piperidine rings is 1. The number of aromatic amines is 1. The number of benzene rings is 1. The van der Waals surface area contributed by atoms with E-state index < -0.39 is 0 Å². The Balaban J connectivity index is 1.91. The Morgan fingerprint density at radius 2 is 2.14 bits per heavy atom. The summed E-state index contributed by atoms with van der Waals surface area (Å²) in [6.45, 7) is 8.64. The summed E-state index contributed by atoms with van der Waals surface area (Å²) in [4.78, 5) is 17.8. The normalized spacial score (nSPS) is 24.1. The first-order valence-corrected chi connectivity index (χ1v) is 8.04. The Labute approximate surface area is 126 Å². The largest absolute Gasteiger partial charge is 0.358 e. The number of rotatable bonds is 3. The van der Waals surface area contributed by atoms with E-state index in [9.17, 15) is 4.79 Å². The number of likely N-dealkylation sites (tertiary alicyclic amines) is 1. The lowest BCUT2D eigenvalue weighted by Crippen LogP contribution is -3.17. The first-order chi connectivity index (χ1) is 10.1. The zero-order chi connectivity index (χ0) is 15.0. The molecule has 0 bridgehead atoms. The van der Waals surface area contributed by atoms with Crippen LogP contribution >= 0.6 is 0 Å². The second-order valence-corrected chi connectivity index (χ2v) is 6.62. The van der Waals surface area contributed by atoms with Gasteiger partial charge in [-0.25, -0.2) is 0 Å². The fourth-order valence-electron chi connectivity index (χ4n) is 3.72. The molecule has 2 aromatic rings. The molecule has 0 radical (unpaired) electrons. The molecule has 0 spiro atoms. The van der Waals surface area contributed by atoms with Crippen LogP contribution in [-0.2, 0) is 0 Å². The number of fused-ring (bicyclic) bond motifs is 1. The summed E-state index contributed by atoms with van der Waals surface area (Å²) in [5.41, 5.74) is 2.95. The van der Waals surface area contributed by atoms with Gasteiger partial charge in [0.15, 0.2) is 0 Å². The third-order valence-electron chi connectivity index (χ3n) is 4.95. The number of hydrogen-bond acceptors (Lipinski definition) is 1. The van der Waals surface area contributed by atoms with Crippen LogP contribution in [0.25, 0.3) is 10.9 Å². The number of ketones is 1. The van der Waals surface area contributed by atoms with Crippen molar-refractivity contribution < 1.29 is 9.69 Å². The van der Waals surface area contributed by atoms with Gasteiger partial charge in [-0.3, -0.25) is 4.79 Å². The van der Waals surface area contributed by atoms with Crippen molar-refractivity contribution in [2.75, 3.05) is 13.1 Å². The fraction of sp³-hybridized carbons (Fsp3) is 0.500. The Bertz CT molecular complexity index is 658. The highest BCUT2D eigenvalue weighted by Crippen LogP contribution is 2.23. The van der Waals surface area contributed by atoms with Crippen LogP contribution in [0.5, 0.6) is 0 Å². The van der Waals surface area contributed by atoms with E-state index in [1.165, 1.54) is 17.7 Å². The van der Waals surface area contributed by atoms with Gasteiger partial charge in [-0.15, -0.1) is 0 Å². The lowest BCUT2D eigenvalue weighted by molar-refractivity contribution is -0.921. The van der Waals surface area contributed by atoms with Crippen molar-refractivity contribution in [2.45, 2.75) is 39.7 Å². The highest BCUT2D eigenvalue weighted by Gasteiger charge is 2.31. The van der Waals surface area contributed by atoms with Gasteiger partial charge in [0.05, 0.1) is 18.7 Å². The molecule has 0 aliphatic carbocycles. The van der Waals surface area contributed by atoms with Crippen LogP contribution in [-0.4, -0.2) is 29.9 Å². The SMILES string of the molecule is Cc1[nH]c2ccccc2c1C(=O)[C@@H](C)[NH+]1CCC[C@H](C)C1. The lowest BCUT2D eigenvalue weighted by Gasteiger charge is -2.31. The summed E-state index contributed by atoms with van der Waals surface area (Å²) in [5.74, 6) is 1.02. The molecule has 2 heterocycles. The Kier molecular flexibility index (Phi) is 3.85. The van der Waals surface area contributed by atoms with Crippen LogP contribution in [0.1, 0.15) is 42.7 Å². The smallest absolute Gasteiger partial charge is 0.222 e. The van der Waals surface area contributed by atoms with Crippen molar-refractivity contribution in [1.82, 2.24) is 4.98 Å². The van der Waals surface area contributed by atoms with E-state index in [1.54, 1.807) is 0 Å². The van der Waals surface area contributed by atoms with E-state index in [1.807, 2.05) is 31.2 Å². The third-order valence-corrected chi connectivity index (χ3v) is 4.95. The quantitative estimate of drug-likeness (QED) is 0.835. The van der Waals surface area contributed by atoms with E-state index in [0.29, 0.717) is 0 Å². The molecular formula is C18H25N2O+. The monoisotopic (exact) mass is 285 g/mol. The van der Waals surface area contributed by atoms with Crippen LogP contribution in [0.15, 0.2) is 24.3 Å². The average Bonchev–Trinajstić information content (AvgIpc) is 2.81. The van der Waals surface area contributed by atoms with E-state index in [4.69, 9.17) is 0 Å². The fourth-order valence-corrected chi connectivity index (χ4v) is 3.72. The van der Waals surface area contributed by atoms with Gasteiger partial charge in [0, 0.05) is 22.5 Å². The van der Waals surface area contributed by atoms with Crippen LogP contribution in [0.4, 0.5) is 0 Å². The van der Waals surface area contributed by atoms with Gasteiger partial charge in [0.25, 0.3) is 0 Å². The summed E-state index contributed by atoms with van der Waals surface area (Å²) >= 11 is 0. The maximum Gasteiger partial charge on any atom is 0.222 e. The number of aromatic nitrogens is 1. The zero-order valence-electron chi connectivity index (χ0n) is 13.2. The third kappa shape index (κ3) is 2.62. The molecule has 3 heteroatoms. The molecule has 1 saturated heterocycles. The van der Waals surface area contributed by atoms with E-state index in [-0.39, 0.29) is 11.8 Å². The van der Waals surface area contributed by atoms with Crippen LogP contribution < -0.4 is 4.90 Å². The Hall–Kier alpha value is -1.61. The number of carbonyl (C=O) groups is 1. The predicted octanol–water partition coefficient (Wildman–Crippen LogP) is 2.36. The Morgan fingerprint density at radius 3 is 2.90 bits per heavy atom. The minimum absolute atomic E-state index is 0.0469. The topological polar surface area (TPSA) is 37.3 Å². The standard InChI is InChI=1S/C18H24N2O/c1-12-7-6-10-20(11-12)14(3)18(21)17-13(2)19-16-9-5-4-8-15(16)17/h4-5,8-9,12,14,19H,6-7,10-11H2,1-3H3/p+1/t12-,14+/m0/s1. The van der Waals surface area contributed by atoms with Gasteiger partial charge in [-0.1, -0.05) is 25.1 Å². The number of hydrogen-bond donors (Lipinski definition) is 2. The van der Waals surface area contributed by atoms with E-state index >= 15 is 0 Å². The molecule has 3 rings (SSSR count). The second kappa shape index (κ2) is 5.64. The summed E-state index contributed by atoms with van der Waals surface area (Å²) in [7, 11) is 0. The number of nitrogens with one attached hydrogen (secondary N) is 2. The molecule has 112 valence electrons. The summed E-state index contributed by atoms with van der Waals surface area (Å²) in [6.07, 6.45) is 2.54. The molecular weight excluding hydrogens is 260 g/mol. The van der Waals surface area contributed by atoms with E-state index in [0.717, 1.165) is 41.2 Å². The molecule has 1 aromatic carbocycles. The molecule has 21 heavy (non-hydrogen) atoms. The minimum atomic E-state index is 0.0469. The van der Waals surface area contributed by atoms with Crippen LogP contribution in [0.2, 0.25) is 0 Å². The summed E-state index contributed by atoms with van der Waals surface area (Å²) < 4.78 is 0. The first kappa shape index (κ1) is 14.3. The van der Waals surface area contributed by atoms with Gasteiger partial charge in [0.2, 0.25) is 5.78 Å². The molecule has 3 atom stereocenters. The Morgan fingerprint density at radius 1 is 1.38 bits per heavy atom. The predicted molar refractivity (Wildman–Crippen MR) is 85.9 cm³/mol. The zero-order valence-corrected chi connectivity index (χ0v) is 13.2. The molecule has 1 unspecified atom stereocenters. The molecule has 2 N–H and O–H groups in total. The van der Waals surface area contributed by atoms with Crippen molar-refractivity contribution in [2.24, 2.45) is 5.92 Å². The summed E-state index contributed by atoms with van der Waals surface area (Å²) in [6, 6.07) is 8.15. The lowest BCUT2D eigenvalue weighted by atomic mass is 9.95.